The molecule has 0 amide bonds. The van der Waals surface area contributed by atoms with Crippen molar-refractivity contribution in [2.24, 2.45) is 0 Å². The van der Waals surface area contributed by atoms with Gasteiger partial charge in [-0.05, 0) is 17.7 Å². The molecule has 0 saturated carbocycles. The molecule has 0 aromatic carbocycles. The lowest BCUT2D eigenvalue weighted by atomic mass is 9.87. The van der Waals surface area contributed by atoms with Crippen LogP contribution in [-0.2, 0) is 10.8 Å². The van der Waals surface area contributed by atoms with Gasteiger partial charge in [0.25, 0.3) is 0 Å². The monoisotopic (exact) mass is 226 g/mol. The quantitative estimate of drug-likeness (QED) is 0.630. The highest BCUT2D eigenvalue weighted by atomic mass is 35.5. The van der Waals surface area contributed by atoms with Gasteiger partial charge in [-0.2, -0.15) is 0 Å². The molecule has 2 nitrogen and oxygen atoms in total. The maximum Gasteiger partial charge on any atom is 0.222 e. The fourth-order valence-corrected chi connectivity index (χ4v) is 1.37. The highest BCUT2D eigenvalue weighted by molar-refractivity contribution is 6.28. The van der Waals surface area contributed by atoms with Gasteiger partial charge in [-0.25, -0.2) is 9.97 Å². The Kier molecular flexibility index (Phi) is 3.11. The number of rotatable bonds is 0. The third kappa shape index (κ3) is 3.16. The first-order valence-electron chi connectivity index (χ1n) is 5.16. The molecule has 0 aliphatic carbocycles. The topological polar surface area (TPSA) is 25.8 Å². The van der Waals surface area contributed by atoms with Gasteiger partial charge >= 0.3 is 0 Å². The van der Waals surface area contributed by atoms with Gasteiger partial charge in [0.2, 0.25) is 5.28 Å². The SMILES string of the molecule is CC(C)(C)c1cc(C(C)(C)C)nc(Cl)n1. The van der Waals surface area contributed by atoms with Crippen LogP contribution >= 0.6 is 11.6 Å². The molecule has 15 heavy (non-hydrogen) atoms. The largest absolute Gasteiger partial charge is 0.222 e. The van der Waals surface area contributed by atoms with Crippen molar-refractivity contribution in [2.75, 3.05) is 0 Å². The van der Waals surface area contributed by atoms with Gasteiger partial charge in [-0.1, -0.05) is 41.5 Å². The van der Waals surface area contributed by atoms with E-state index in [1.807, 2.05) is 6.07 Å². The molecule has 1 aromatic heterocycles. The van der Waals surface area contributed by atoms with Crippen molar-refractivity contribution in [3.05, 3.63) is 22.7 Å². The summed E-state index contributed by atoms with van der Waals surface area (Å²) in [5.41, 5.74) is 2.00. The minimum Gasteiger partial charge on any atom is -0.222 e. The van der Waals surface area contributed by atoms with Crippen molar-refractivity contribution in [2.45, 2.75) is 52.4 Å². The van der Waals surface area contributed by atoms with E-state index in [0.29, 0.717) is 5.28 Å². The molecule has 0 bridgehead atoms. The third-order valence-electron chi connectivity index (χ3n) is 2.24. The van der Waals surface area contributed by atoms with Gasteiger partial charge in [0.1, 0.15) is 0 Å². The van der Waals surface area contributed by atoms with E-state index in [1.54, 1.807) is 0 Å². The second kappa shape index (κ2) is 3.75. The Morgan fingerprint density at radius 2 is 1.20 bits per heavy atom. The van der Waals surface area contributed by atoms with E-state index >= 15 is 0 Å². The highest BCUT2D eigenvalue weighted by Crippen LogP contribution is 2.27. The van der Waals surface area contributed by atoms with Crippen molar-refractivity contribution >= 4 is 11.6 Å². The Morgan fingerprint density at radius 1 is 0.867 bits per heavy atom. The maximum absolute atomic E-state index is 5.94. The number of hydrogen-bond acceptors (Lipinski definition) is 2. The first-order valence-corrected chi connectivity index (χ1v) is 5.54. The van der Waals surface area contributed by atoms with E-state index < -0.39 is 0 Å². The molecule has 0 unspecified atom stereocenters. The van der Waals surface area contributed by atoms with Gasteiger partial charge in [-0.15, -0.1) is 0 Å². The average Bonchev–Trinajstić information content (AvgIpc) is 1.99. The lowest BCUT2D eigenvalue weighted by Crippen LogP contribution is -2.19. The zero-order chi connectivity index (χ0) is 11.9. The molecular formula is C12H19ClN2. The van der Waals surface area contributed by atoms with E-state index in [1.165, 1.54) is 0 Å². The highest BCUT2D eigenvalue weighted by Gasteiger charge is 2.22. The summed E-state index contributed by atoms with van der Waals surface area (Å²) in [6.45, 7) is 12.7. The number of aromatic nitrogens is 2. The fraction of sp³-hybridized carbons (Fsp3) is 0.667. The molecule has 1 aromatic rings. The van der Waals surface area contributed by atoms with Crippen LogP contribution in [0.3, 0.4) is 0 Å². The molecule has 0 spiro atoms. The lowest BCUT2D eigenvalue weighted by molar-refractivity contribution is 0.537. The standard InChI is InChI=1S/C12H19ClN2/c1-11(2,3)8-7-9(12(4,5)6)15-10(13)14-8/h7H,1-6H3. The van der Waals surface area contributed by atoms with Crippen molar-refractivity contribution in [1.82, 2.24) is 9.97 Å². The summed E-state index contributed by atoms with van der Waals surface area (Å²) in [6, 6.07) is 2.05. The minimum absolute atomic E-state index is 0.00653. The van der Waals surface area contributed by atoms with Gasteiger partial charge in [0.05, 0.1) is 11.4 Å². The van der Waals surface area contributed by atoms with E-state index in [-0.39, 0.29) is 10.8 Å². The number of halogens is 1. The Hall–Kier alpha value is -0.630. The minimum atomic E-state index is 0.00653. The third-order valence-corrected chi connectivity index (χ3v) is 2.40. The Labute approximate surface area is 97.1 Å². The van der Waals surface area contributed by atoms with Gasteiger partial charge in [0, 0.05) is 10.8 Å². The second-order valence-corrected chi connectivity index (χ2v) is 6.25. The molecule has 1 rings (SSSR count). The summed E-state index contributed by atoms with van der Waals surface area (Å²) < 4.78 is 0. The second-order valence-electron chi connectivity index (χ2n) is 5.91. The molecule has 3 heteroatoms. The van der Waals surface area contributed by atoms with Crippen molar-refractivity contribution in [1.29, 1.82) is 0 Å². The van der Waals surface area contributed by atoms with Crippen molar-refractivity contribution < 1.29 is 0 Å². The van der Waals surface area contributed by atoms with Crippen LogP contribution in [0.5, 0.6) is 0 Å². The summed E-state index contributed by atoms with van der Waals surface area (Å²) in [6.07, 6.45) is 0. The molecule has 0 atom stereocenters. The molecule has 84 valence electrons. The van der Waals surface area contributed by atoms with Crippen LogP contribution < -0.4 is 0 Å². The van der Waals surface area contributed by atoms with Crippen LogP contribution in [0.1, 0.15) is 52.9 Å². The molecule has 0 aliphatic heterocycles. The number of nitrogens with zero attached hydrogens (tertiary/aromatic N) is 2. The molecule has 0 radical (unpaired) electrons. The van der Waals surface area contributed by atoms with Crippen LogP contribution in [0.2, 0.25) is 5.28 Å². The molecule has 0 N–H and O–H groups in total. The van der Waals surface area contributed by atoms with Crippen molar-refractivity contribution in [3.8, 4) is 0 Å². The van der Waals surface area contributed by atoms with E-state index in [2.05, 4.69) is 51.5 Å². The van der Waals surface area contributed by atoms with Crippen LogP contribution in [0.15, 0.2) is 6.07 Å². The number of hydrogen-bond donors (Lipinski definition) is 0. The average molecular weight is 227 g/mol. The predicted molar refractivity (Wildman–Crippen MR) is 64.4 cm³/mol. The fourth-order valence-electron chi connectivity index (χ4n) is 1.19. The zero-order valence-corrected chi connectivity index (χ0v) is 11.1. The van der Waals surface area contributed by atoms with E-state index in [0.717, 1.165) is 11.4 Å². The normalized spacial score (nSPS) is 13.0. The lowest BCUT2D eigenvalue weighted by Gasteiger charge is -2.23. The molecule has 1 heterocycles. The van der Waals surface area contributed by atoms with Crippen LogP contribution in [0, 0.1) is 0 Å². The van der Waals surface area contributed by atoms with Gasteiger partial charge in [0.15, 0.2) is 0 Å². The summed E-state index contributed by atoms with van der Waals surface area (Å²) in [4.78, 5) is 8.55. The Balaban J connectivity index is 3.30. The first kappa shape index (κ1) is 12.4. The van der Waals surface area contributed by atoms with Crippen LogP contribution in [0.25, 0.3) is 0 Å². The maximum atomic E-state index is 5.94. The molecule has 0 aliphatic rings. The Bertz CT molecular complexity index is 327. The zero-order valence-electron chi connectivity index (χ0n) is 10.3. The van der Waals surface area contributed by atoms with Gasteiger partial charge < -0.3 is 0 Å². The van der Waals surface area contributed by atoms with Crippen LogP contribution in [-0.4, -0.2) is 9.97 Å². The molecule has 0 fully saturated rings. The molecule has 0 saturated heterocycles. The predicted octanol–water partition coefficient (Wildman–Crippen LogP) is 3.73. The summed E-state index contributed by atoms with van der Waals surface area (Å²) in [5, 5.41) is 0.340. The van der Waals surface area contributed by atoms with E-state index in [4.69, 9.17) is 11.6 Å². The first-order chi connectivity index (χ1) is 6.60. The Morgan fingerprint density at radius 3 is 1.47 bits per heavy atom. The van der Waals surface area contributed by atoms with Crippen molar-refractivity contribution in [3.63, 3.8) is 0 Å². The van der Waals surface area contributed by atoms with E-state index in [9.17, 15) is 0 Å². The smallest absolute Gasteiger partial charge is 0.222 e. The van der Waals surface area contributed by atoms with Crippen LogP contribution in [0.4, 0.5) is 0 Å². The van der Waals surface area contributed by atoms with Gasteiger partial charge in [-0.3, -0.25) is 0 Å². The summed E-state index contributed by atoms with van der Waals surface area (Å²) >= 11 is 5.94. The molecular weight excluding hydrogens is 208 g/mol. The summed E-state index contributed by atoms with van der Waals surface area (Å²) in [5.74, 6) is 0. The summed E-state index contributed by atoms with van der Waals surface area (Å²) in [7, 11) is 0.